The molecule has 6 heteroatoms. The van der Waals surface area contributed by atoms with Gasteiger partial charge in [-0.3, -0.25) is 4.79 Å². The summed E-state index contributed by atoms with van der Waals surface area (Å²) >= 11 is 0. The summed E-state index contributed by atoms with van der Waals surface area (Å²) in [7, 11) is 0. The van der Waals surface area contributed by atoms with Crippen molar-refractivity contribution in [1.29, 1.82) is 5.26 Å². The van der Waals surface area contributed by atoms with Crippen molar-refractivity contribution in [2.75, 3.05) is 0 Å². The van der Waals surface area contributed by atoms with Crippen LogP contribution in [-0.4, -0.2) is 16.8 Å². The second-order valence-electron chi connectivity index (χ2n) is 0.925. The van der Waals surface area contributed by atoms with Gasteiger partial charge in [0.05, 0.1) is 0 Å². The van der Waals surface area contributed by atoms with E-state index in [-0.39, 0.29) is 17.1 Å². The first-order valence-electron chi connectivity index (χ1n) is 1.64. The molecule has 0 aliphatic rings. The van der Waals surface area contributed by atoms with Crippen LogP contribution in [0.4, 0.5) is 0 Å². The van der Waals surface area contributed by atoms with Crippen molar-refractivity contribution in [3.63, 3.8) is 0 Å². The molecule has 0 aromatic carbocycles. The van der Waals surface area contributed by atoms with Crippen LogP contribution < -0.4 is 5.73 Å². The monoisotopic (exact) mass is 176 g/mol. The number of carbonyl (C=O) groups excluding carboxylic acids is 1. The Morgan fingerprint density at radius 1 is 1.78 bits per heavy atom. The minimum atomic E-state index is -1.03. The molecule has 0 atom stereocenters. The standard InChI is InChI=1S/C3H3N3O2.Cu/c4-1-2(6-8)3(5)7;/h8H,(H2,5,7);. The third kappa shape index (κ3) is 3.53. The maximum Gasteiger partial charge on any atom is 0.281 e. The molecule has 0 fully saturated rings. The van der Waals surface area contributed by atoms with E-state index in [0.717, 1.165) is 0 Å². The van der Waals surface area contributed by atoms with E-state index in [1.165, 1.54) is 6.07 Å². The predicted molar refractivity (Wildman–Crippen MR) is 24.0 cm³/mol. The number of nitrogens with two attached hydrogens (primary N) is 1. The van der Waals surface area contributed by atoms with Gasteiger partial charge in [0.15, 0.2) is 0 Å². The Kier molecular flexibility index (Phi) is 6.14. The summed E-state index contributed by atoms with van der Waals surface area (Å²) in [5.41, 5.74) is 3.82. The molecule has 53 valence electrons. The van der Waals surface area contributed by atoms with Crippen molar-refractivity contribution in [1.82, 2.24) is 0 Å². The van der Waals surface area contributed by atoms with Gasteiger partial charge in [-0.15, -0.1) is 0 Å². The van der Waals surface area contributed by atoms with Crippen LogP contribution in [0.2, 0.25) is 0 Å². The number of hydrogen-bond acceptors (Lipinski definition) is 4. The number of amides is 1. The summed E-state index contributed by atoms with van der Waals surface area (Å²) in [6.45, 7) is 0. The molecular formula is C3H3CuN3O2. The fraction of sp³-hybridized carbons (Fsp3) is 0. The fourth-order valence-corrected chi connectivity index (χ4v) is 0.127. The summed E-state index contributed by atoms with van der Waals surface area (Å²) in [5.74, 6) is -1.03. The van der Waals surface area contributed by atoms with Gasteiger partial charge in [0.2, 0.25) is 5.71 Å². The zero-order chi connectivity index (χ0) is 6.57. The zero-order valence-electron chi connectivity index (χ0n) is 4.13. The number of nitrogens with zero attached hydrogens (tertiary/aromatic N) is 2. The van der Waals surface area contributed by atoms with Crippen LogP contribution in [0.5, 0.6) is 0 Å². The first-order valence-corrected chi connectivity index (χ1v) is 1.64. The molecule has 0 aliphatic heterocycles. The maximum absolute atomic E-state index is 9.87. The summed E-state index contributed by atoms with van der Waals surface area (Å²) in [4.78, 5) is 9.87. The van der Waals surface area contributed by atoms with Crippen LogP contribution in [0.3, 0.4) is 0 Å². The van der Waals surface area contributed by atoms with Crippen molar-refractivity contribution in [3.05, 3.63) is 0 Å². The van der Waals surface area contributed by atoms with Crippen LogP contribution in [0.25, 0.3) is 0 Å². The average Bonchev–Trinajstić information content (AvgIpc) is 1.69. The van der Waals surface area contributed by atoms with Gasteiger partial charge in [-0.05, 0) is 0 Å². The van der Waals surface area contributed by atoms with Crippen LogP contribution in [0.1, 0.15) is 0 Å². The van der Waals surface area contributed by atoms with Crippen molar-refractivity contribution >= 4 is 11.6 Å². The van der Waals surface area contributed by atoms with Gasteiger partial charge < -0.3 is 10.9 Å². The molecule has 0 aliphatic carbocycles. The first kappa shape index (κ1) is 10.8. The Hall–Kier alpha value is -1.05. The molecule has 1 radical (unpaired) electrons. The van der Waals surface area contributed by atoms with E-state index in [0.29, 0.717) is 0 Å². The molecular weight excluding hydrogens is 174 g/mol. The van der Waals surface area contributed by atoms with Gasteiger partial charge in [0.1, 0.15) is 6.07 Å². The van der Waals surface area contributed by atoms with E-state index in [4.69, 9.17) is 10.5 Å². The smallest absolute Gasteiger partial charge is 0.281 e. The third-order valence-corrected chi connectivity index (χ3v) is 0.439. The second-order valence-corrected chi connectivity index (χ2v) is 0.925. The van der Waals surface area contributed by atoms with Gasteiger partial charge in [0.25, 0.3) is 5.91 Å². The second kappa shape index (κ2) is 5.09. The first-order chi connectivity index (χ1) is 3.72. The van der Waals surface area contributed by atoms with Gasteiger partial charge in [-0.1, -0.05) is 5.16 Å². The molecule has 0 saturated heterocycles. The largest absolute Gasteiger partial charge is 0.410 e. The van der Waals surface area contributed by atoms with Crippen molar-refractivity contribution in [2.24, 2.45) is 10.9 Å². The summed E-state index contributed by atoms with van der Waals surface area (Å²) in [6, 6.07) is 1.28. The molecule has 0 heterocycles. The molecule has 0 rings (SSSR count). The zero-order valence-corrected chi connectivity index (χ0v) is 5.07. The Bertz CT molecular complexity index is 170. The van der Waals surface area contributed by atoms with Gasteiger partial charge in [0, 0.05) is 17.1 Å². The SMILES string of the molecule is N#CC(=NO)C(N)=O.[Cu]. The van der Waals surface area contributed by atoms with E-state index < -0.39 is 11.6 Å². The average molecular weight is 177 g/mol. The topological polar surface area (TPSA) is 99.5 Å². The van der Waals surface area contributed by atoms with Gasteiger partial charge in [-0.2, -0.15) is 5.26 Å². The van der Waals surface area contributed by atoms with Crippen LogP contribution in [0.15, 0.2) is 5.16 Å². The van der Waals surface area contributed by atoms with Gasteiger partial charge >= 0.3 is 0 Å². The Balaban J connectivity index is 0. The Morgan fingerprint density at radius 2 is 2.22 bits per heavy atom. The van der Waals surface area contributed by atoms with Crippen molar-refractivity contribution < 1.29 is 27.1 Å². The molecule has 3 N–H and O–H groups in total. The van der Waals surface area contributed by atoms with Crippen molar-refractivity contribution in [2.45, 2.75) is 0 Å². The van der Waals surface area contributed by atoms with Crippen LogP contribution in [-0.2, 0) is 21.9 Å². The number of oxime groups is 1. The Labute approximate surface area is 61.6 Å². The van der Waals surface area contributed by atoms with E-state index in [1.54, 1.807) is 0 Å². The summed E-state index contributed by atoms with van der Waals surface area (Å²) < 4.78 is 0. The maximum atomic E-state index is 9.87. The van der Waals surface area contributed by atoms with Crippen molar-refractivity contribution in [3.8, 4) is 6.07 Å². The van der Waals surface area contributed by atoms with E-state index in [2.05, 4.69) is 10.9 Å². The third-order valence-electron chi connectivity index (χ3n) is 0.439. The van der Waals surface area contributed by atoms with Crippen LogP contribution >= 0.6 is 0 Å². The fourth-order valence-electron chi connectivity index (χ4n) is 0.127. The molecule has 0 bridgehead atoms. The quantitative estimate of drug-likeness (QED) is 0.228. The number of nitriles is 1. The molecule has 0 saturated carbocycles. The molecule has 0 aromatic rings. The van der Waals surface area contributed by atoms with E-state index in [1.807, 2.05) is 0 Å². The molecule has 5 nitrogen and oxygen atoms in total. The number of rotatable bonds is 1. The normalized spacial score (nSPS) is 9.00. The number of primary amides is 1. The molecule has 9 heavy (non-hydrogen) atoms. The van der Waals surface area contributed by atoms with E-state index >= 15 is 0 Å². The predicted octanol–water partition coefficient (Wildman–Crippen LogP) is -1.18. The molecule has 0 spiro atoms. The van der Waals surface area contributed by atoms with E-state index in [9.17, 15) is 4.79 Å². The van der Waals surface area contributed by atoms with Crippen LogP contribution in [0, 0.1) is 11.3 Å². The summed E-state index contributed by atoms with van der Waals surface area (Å²) in [5, 5.41) is 17.9. The molecule has 0 unspecified atom stereocenters. The minimum Gasteiger partial charge on any atom is -0.410 e. The number of hydrogen-bond donors (Lipinski definition) is 2. The number of carbonyl (C=O) groups is 1. The molecule has 0 aromatic heterocycles. The van der Waals surface area contributed by atoms with Gasteiger partial charge in [-0.25, -0.2) is 0 Å². The summed E-state index contributed by atoms with van der Waals surface area (Å²) in [6.07, 6.45) is 0. The molecule has 1 amide bonds. The Morgan fingerprint density at radius 3 is 2.22 bits per heavy atom. The minimum absolute atomic E-state index is 0.